The normalized spacial score (nSPS) is 15.3. The van der Waals surface area contributed by atoms with Crippen LogP contribution in [0.15, 0.2) is 34.8 Å². The molecule has 1 N–H and O–H groups in total. The third kappa shape index (κ3) is 3.51. The van der Waals surface area contributed by atoms with Crippen LogP contribution >= 0.6 is 27.3 Å². The molecule has 1 atom stereocenters. The number of halogens is 1. The highest BCUT2D eigenvalue weighted by atomic mass is 79.9. The topological polar surface area (TPSA) is 12.0 Å². The molecular formula is C17H20BrNS. The molecule has 0 saturated heterocycles. The van der Waals surface area contributed by atoms with E-state index in [0.717, 1.165) is 17.4 Å². The molecule has 1 aromatic carbocycles. The predicted molar refractivity (Wildman–Crippen MR) is 90.5 cm³/mol. The third-order valence-electron chi connectivity index (χ3n) is 3.88. The monoisotopic (exact) mass is 349 g/mol. The van der Waals surface area contributed by atoms with E-state index in [-0.39, 0.29) is 0 Å². The molecule has 0 fully saturated rings. The molecule has 1 aliphatic carbocycles. The molecule has 1 heterocycles. The average Bonchev–Trinajstić information content (AvgIpc) is 3.00. The molecule has 0 saturated carbocycles. The Bertz CT molecular complexity index is 552. The molecule has 1 aromatic heterocycles. The van der Waals surface area contributed by atoms with Gasteiger partial charge in [-0.2, -0.15) is 0 Å². The number of benzene rings is 1. The molecule has 0 bridgehead atoms. The first-order valence-electron chi connectivity index (χ1n) is 7.29. The minimum Gasteiger partial charge on any atom is -0.309 e. The Kier molecular flexibility index (Phi) is 4.59. The minimum absolute atomic E-state index is 0.508. The van der Waals surface area contributed by atoms with Gasteiger partial charge in [0.15, 0.2) is 0 Å². The van der Waals surface area contributed by atoms with Gasteiger partial charge in [0.05, 0.1) is 0 Å². The van der Waals surface area contributed by atoms with Gasteiger partial charge in [0, 0.05) is 26.8 Å². The van der Waals surface area contributed by atoms with Crippen LogP contribution in [0.5, 0.6) is 0 Å². The van der Waals surface area contributed by atoms with Crippen LogP contribution in [0.2, 0.25) is 0 Å². The zero-order valence-corrected chi connectivity index (χ0v) is 14.2. The Balaban J connectivity index is 1.51. The van der Waals surface area contributed by atoms with E-state index in [9.17, 15) is 0 Å². The van der Waals surface area contributed by atoms with Crippen LogP contribution in [0, 0.1) is 0 Å². The lowest BCUT2D eigenvalue weighted by atomic mass is 10.1. The highest BCUT2D eigenvalue weighted by Gasteiger charge is 2.14. The van der Waals surface area contributed by atoms with Gasteiger partial charge in [0.25, 0.3) is 0 Å². The van der Waals surface area contributed by atoms with Crippen LogP contribution in [-0.2, 0) is 25.8 Å². The quantitative estimate of drug-likeness (QED) is 0.823. The second-order valence-corrected chi connectivity index (χ2v) is 7.76. The van der Waals surface area contributed by atoms with Gasteiger partial charge < -0.3 is 5.32 Å². The van der Waals surface area contributed by atoms with Crippen LogP contribution in [-0.4, -0.2) is 6.04 Å². The Hall–Kier alpha value is -0.640. The van der Waals surface area contributed by atoms with Crippen molar-refractivity contribution in [3.63, 3.8) is 0 Å². The number of hydrogen-bond acceptors (Lipinski definition) is 2. The summed E-state index contributed by atoms with van der Waals surface area (Å²) < 4.78 is 1.15. The number of nitrogens with one attached hydrogen (secondary N) is 1. The van der Waals surface area contributed by atoms with Crippen molar-refractivity contribution in [1.82, 2.24) is 5.32 Å². The van der Waals surface area contributed by atoms with Gasteiger partial charge in [-0.1, -0.05) is 28.1 Å². The van der Waals surface area contributed by atoms with E-state index in [2.05, 4.69) is 58.5 Å². The van der Waals surface area contributed by atoms with Crippen LogP contribution < -0.4 is 5.32 Å². The second kappa shape index (κ2) is 6.42. The summed E-state index contributed by atoms with van der Waals surface area (Å²) >= 11 is 5.48. The van der Waals surface area contributed by atoms with Crippen molar-refractivity contribution in [2.24, 2.45) is 0 Å². The number of aryl methyl sites for hydroxylation is 2. The zero-order chi connectivity index (χ0) is 13.9. The maximum Gasteiger partial charge on any atom is 0.0302 e. The summed E-state index contributed by atoms with van der Waals surface area (Å²) in [4.78, 5) is 3.12. The largest absolute Gasteiger partial charge is 0.309 e. The van der Waals surface area contributed by atoms with Crippen molar-refractivity contribution in [2.45, 2.75) is 45.2 Å². The maximum absolute atomic E-state index is 3.65. The highest BCUT2D eigenvalue weighted by Crippen LogP contribution is 2.30. The molecule has 0 radical (unpaired) electrons. The standard InChI is InChI=1S/C17H20BrNS/c1-12(9-13-5-7-15(18)8-6-13)19-11-16-10-14-3-2-4-17(14)20-16/h5-8,10,12,19H,2-4,9,11H2,1H3. The molecule has 20 heavy (non-hydrogen) atoms. The minimum atomic E-state index is 0.508. The van der Waals surface area contributed by atoms with Gasteiger partial charge in [-0.25, -0.2) is 0 Å². The van der Waals surface area contributed by atoms with Crippen molar-refractivity contribution >= 4 is 27.3 Å². The highest BCUT2D eigenvalue weighted by molar-refractivity contribution is 9.10. The Labute approximate surface area is 133 Å². The summed E-state index contributed by atoms with van der Waals surface area (Å²) in [6, 6.07) is 11.5. The molecule has 106 valence electrons. The molecule has 3 rings (SSSR count). The molecule has 1 unspecified atom stereocenters. The fraction of sp³-hybridized carbons (Fsp3) is 0.412. The lowest BCUT2D eigenvalue weighted by Gasteiger charge is -2.13. The summed E-state index contributed by atoms with van der Waals surface area (Å²) in [6.45, 7) is 3.28. The average molecular weight is 350 g/mol. The molecular weight excluding hydrogens is 330 g/mol. The first-order chi connectivity index (χ1) is 9.70. The van der Waals surface area contributed by atoms with Gasteiger partial charge >= 0.3 is 0 Å². The second-order valence-electron chi connectivity index (χ2n) is 5.63. The van der Waals surface area contributed by atoms with E-state index < -0.39 is 0 Å². The number of hydrogen-bond donors (Lipinski definition) is 1. The first-order valence-corrected chi connectivity index (χ1v) is 8.90. The van der Waals surface area contributed by atoms with Gasteiger partial charge in [-0.05, 0) is 61.9 Å². The molecule has 3 heteroatoms. The Morgan fingerprint density at radius 1 is 1.25 bits per heavy atom. The van der Waals surface area contributed by atoms with E-state index in [4.69, 9.17) is 0 Å². The van der Waals surface area contributed by atoms with Crippen molar-refractivity contribution in [3.8, 4) is 0 Å². The lowest BCUT2D eigenvalue weighted by molar-refractivity contribution is 0.548. The fourth-order valence-electron chi connectivity index (χ4n) is 2.80. The van der Waals surface area contributed by atoms with E-state index >= 15 is 0 Å². The van der Waals surface area contributed by atoms with Crippen LogP contribution in [0.25, 0.3) is 0 Å². The fourth-order valence-corrected chi connectivity index (χ4v) is 4.27. The van der Waals surface area contributed by atoms with Crippen molar-refractivity contribution in [3.05, 3.63) is 55.7 Å². The SMILES string of the molecule is CC(Cc1ccc(Br)cc1)NCc1cc2c(s1)CCC2. The van der Waals surface area contributed by atoms with Gasteiger partial charge in [0.2, 0.25) is 0 Å². The third-order valence-corrected chi connectivity index (χ3v) is 5.64. The maximum atomic E-state index is 3.65. The Morgan fingerprint density at radius 2 is 2.05 bits per heavy atom. The summed E-state index contributed by atoms with van der Waals surface area (Å²) in [5, 5.41) is 3.65. The van der Waals surface area contributed by atoms with Crippen molar-refractivity contribution in [2.75, 3.05) is 0 Å². The van der Waals surface area contributed by atoms with Crippen LogP contribution in [0.4, 0.5) is 0 Å². The molecule has 0 aliphatic heterocycles. The Morgan fingerprint density at radius 3 is 2.80 bits per heavy atom. The summed E-state index contributed by atoms with van der Waals surface area (Å²) in [5.41, 5.74) is 2.99. The molecule has 1 nitrogen and oxygen atoms in total. The van der Waals surface area contributed by atoms with E-state index in [1.165, 1.54) is 29.7 Å². The zero-order valence-electron chi connectivity index (χ0n) is 11.8. The predicted octanol–water partition coefficient (Wildman–Crippen LogP) is 4.72. The summed E-state index contributed by atoms with van der Waals surface area (Å²) in [6.07, 6.45) is 5.03. The van der Waals surface area contributed by atoms with E-state index in [0.29, 0.717) is 6.04 Å². The van der Waals surface area contributed by atoms with Gasteiger partial charge in [-0.3, -0.25) is 0 Å². The van der Waals surface area contributed by atoms with Crippen LogP contribution in [0.3, 0.4) is 0 Å². The first kappa shape index (κ1) is 14.3. The lowest BCUT2D eigenvalue weighted by Crippen LogP contribution is -2.27. The van der Waals surface area contributed by atoms with E-state index in [1.807, 2.05) is 11.3 Å². The summed E-state index contributed by atoms with van der Waals surface area (Å²) in [7, 11) is 0. The molecule has 0 spiro atoms. The molecule has 1 aliphatic rings. The number of fused-ring (bicyclic) bond motifs is 1. The summed E-state index contributed by atoms with van der Waals surface area (Å²) in [5.74, 6) is 0. The van der Waals surface area contributed by atoms with Crippen molar-refractivity contribution < 1.29 is 0 Å². The van der Waals surface area contributed by atoms with Crippen molar-refractivity contribution in [1.29, 1.82) is 0 Å². The van der Waals surface area contributed by atoms with Gasteiger partial charge in [-0.15, -0.1) is 11.3 Å². The molecule has 0 amide bonds. The molecule has 2 aromatic rings. The smallest absolute Gasteiger partial charge is 0.0302 e. The number of rotatable bonds is 5. The number of thiophene rings is 1. The van der Waals surface area contributed by atoms with Gasteiger partial charge in [0.1, 0.15) is 0 Å². The van der Waals surface area contributed by atoms with Crippen LogP contribution in [0.1, 0.15) is 34.2 Å². The van der Waals surface area contributed by atoms with E-state index in [1.54, 1.807) is 10.4 Å².